The second-order valence-corrected chi connectivity index (χ2v) is 3.66. The van der Waals surface area contributed by atoms with Crippen LogP contribution in [0.4, 0.5) is 0 Å². The second kappa shape index (κ2) is 5.19. The van der Waals surface area contributed by atoms with Crippen LogP contribution in [-0.2, 0) is 0 Å². The van der Waals surface area contributed by atoms with Crippen molar-refractivity contribution in [1.82, 2.24) is 14.8 Å². The molecule has 8 heteroatoms. The number of nitrogens with zero attached hydrogens (tertiary/aromatic N) is 4. The Labute approximate surface area is 112 Å². The Morgan fingerprint density at radius 3 is 2.85 bits per heavy atom. The minimum absolute atomic E-state index is 0.0670. The smallest absolute Gasteiger partial charge is 0.357 e. The Morgan fingerprint density at radius 2 is 2.35 bits per heavy atom. The van der Waals surface area contributed by atoms with Crippen LogP contribution in [0.1, 0.15) is 26.4 Å². The number of aromatic nitrogens is 3. The number of carbonyl (C=O) groups is 2. The largest absolute Gasteiger partial charge is 0.495 e. The van der Waals surface area contributed by atoms with Crippen molar-refractivity contribution in [2.45, 2.75) is 0 Å². The Kier molecular flexibility index (Phi) is 3.43. The first-order valence-corrected chi connectivity index (χ1v) is 5.33. The first-order valence-electron chi connectivity index (χ1n) is 5.33. The highest BCUT2D eigenvalue weighted by Gasteiger charge is 2.17. The van der Waals surface area contributed by atoms with E-state index in [1.807, 2.05) is 6.07 Å². The molecule has 1 N–H and O–H groups in total. The molecule has 0 radical (unpaired) electrons. The van der Waals surface area contributed by atoms with Crippen molar-refractivity contribution < 1.29 is 19.4 Å². The number of ether oxygens (including phenoxy) is 1. The van der Waals surface area contributed by atoms with Crippen molar-refractivity contribution in [2.75, 3.05) is 7.11 Å². The number of carboxylic acid groups (broad SMARTS) is 1. The Balaban J connectivity index is 2.55. The molecule has 2 rings (SSSR count). The minimum Gasteiger partial charge on any atom is -0.495 e. The molecule has 0 fully saturated rings. The summed E-state index contributed by atoms with van der Waals surface area (Å²) in [6.07, 6.45) is 2.91. The minimum atomic E-state index is -1.31. The molecule has 0 amide bonds. The highest BCUT2D eigenvalue weighted by molar-refractivity contribution is 5.95. The number of hydrogen-bond acceptors (Lipinski definition) is 6. The van der Waals surface area contributed by atoms with Crippen molar-refractivity contribution in [3.05, 3.63) is 35.3 Å². The van der Waals surface area contributed by atoms with Crippen LogP contribution in [-0.4, -0.2) is 39.2 Å². The maximum Gasteiger partial charge on any atom is 0.357 e. The van der Waals surface area contributed by atoms with Gasteiger partial charge in [0.05, 0.1) is 18.9 Å². The molecule has 100 valence electrons. The van der Waals surface area contributed by atoms with Crippen molar-refractivity contribution >= 4 is 12.3 Å². The van der Waals surface area contributed by atoms with E-state index in [9.17, 15) is 9.59 Å². The molecule has 0 saturated heterocycles. The van der Waals surface area contributed by atoms with Gasteiger partial charge in [-0.1, -0.05) is 0 Å². The summed E-state index contributed by atoms with van der Waals surface area (Å²) in [5.41, 5.74) is -0.203. The van der Waals surface area contributed by atoms with Crippen molar-refractivity contribution in [1.29, 1.82) is 5.26 Å². The van der Waals surface area contributed by atoms with E-state index in [1.54, 1.807) is 0 Å². The quantitative estimate of drug-likeness (QED) is 0.812. The number of rotatable bonds is 4. The van der Waals surface area contributed by atoms with Gasteiger partial charge in [-0.15, -0.1) is 0 Å². The van der Waals surface area contributed by atoms with Gasteiger partial charge in [0.25, 0.3) is 0 Å². The second-order valence-electron chi connectivity index (χ2n) is 3.66. The summed E-state index contributed by atoms with van der Waals surface area (Å²) >= 11 is 0. The van der Waals surface area contributed by atoms with E-state index in [4.69, 9.17) is 15.1 Å². The Morgan fingerprint density at radius 1 is 1.60 bits per heavy atom. The molecule has 0 aromatic carbocycles. The maximum atomic E-state index is 10.9. The van der Waals surface area contributed by atoms with E-state index >= 15 is 0 Å². The van der Waals surface area contributed by atoms with Crippen LogP contribution in [0.5, 0.6) is 5.75 Å². The molecule has 0 atom stereocenters. The van der Waals surface area contributed by atoms with Gasteiger partial charge in [-0.05, 0) is 0 Å². The van der Waals surface area contributed by atoms with Crippen LogP contribution in [0.3, 0.4) is 0 Å². The molecule has 0 aliphatic heterocycles. The summed E-state index contributed by atoms with van der Waals surface area (Å²) in [6, 6.07) is 3.33. The molecule has 0 aliphatic carbocycles. The molecule has 0 unspecified atom stereocenters. The molecule has 8 nitrogen and oxygen atoms in total. The van der Waals surface area contributed by atoms with Gasteiger partial charge in [0.15, 0.2) is 17.8 Å². The van der Waals surface area contributed by atoms with Crippen molar-refractivity contribution in [2.24, 2.45) is 0 Å². The summed E-state index contributed by atoms with van der Waals surface area (Å²) in [5.74, 6) is -0.805. The summed E-state index contributed by atoms with van der Waals surface area (Å²) < 4.78 is 6.16. The van der Waals surface area contributed by atoms with Crippen molar-refractivity contribution in [3.63, 3.8) is 0 Å². The molecule has 2 aromatic rings. The molecular weight excluding hydrogens is 264 g/mol. The Hall–Kier alpha value is -3.21. The molecule has 0 spiro atoms. The van der Waals surface area contributed by atoms with Crippen LogP contribution in [0, 0.1) is 11.3 Å². The van der Waals surface area contributed by atoms with Crippen molar-refractivity contribution in [3.8, 4) is 17.6 Å². The number of carboxylic acids is 1. The number of methoxy groups -OCH3 is 1. The number of hydrogen-bond donors (Lipinski definition) is 1. The van der Waals surface area contributed by atoms with Crippen LogP contribution in [0.15, 0.2) is 18.5 Å². The standard InChI is InChI=1S/C12H8N4O4/c1-20-9-2-10(14-4-7(9)3-13)16-5-8(6-17)11(15-16)12(18)19/h2,4-6H,1H3,(H,18,19). The third-order valence-corrected chi connectivity index (χ3v) is 2.50. The average molecular weight is 272 g/mol. The van der Waals surface area contributed by atoms with Crippen LogP contribution in [0.2, 0.25) is 0 Å². The van der Waals surface area contributed by atoms with Gasteiger partial charge in [0.2, 0.25) is 0 Å². The van der Waals surface area contributed by atoms with Gasteiger partial charge >= 0.3 is 5.97 Å². The number of pyridine rings is 1. The summed E-state index contributed by atoms with van der Waals surface area (Å²) in [7, 11) is 1.39. The SMILES string of the molecule is COc1cc(-n2cc(C=O)c(C(=O)O)n2)ncc1C#N. The first kappa shape index (κ1) is 13.2. The average Bonchev–Trinajstić information content (AvgIpc) is 2.91. The number of carbonyl (C=O) groups excluding carboxylic acids is 1. The summed E-state index contributed by atoms with van der Waals surface area (Å²) in [6.45, 7) is 0. The molecule has 0 aliphatic rings. The van der Waals surface area contributed by atoms with E-state index in [0.29, 0.717) is 6.29 Å². The summed E-state index contributed by atoms with van der Waals surface area (Å²) in [5, 5.41) is 21.5. The molecule has 0 saturated carbocycles. The molecule has 20 heavy (non-hydrogen) atoms. The fourth-order valence-corrected chi connectivity index (χ4v) is 1.56. The van der Waals surface area contributed by atoms with Crippen LogP contribution >= 0.6 is 0 Å². The van der Waals surface area contributed by atoms with E-state index in [0.717, 1.165) is 4.68 Å². The predicted octanol–water partition coefficient (Wildman–Crippen LogP) is 0.658. The fraction of sp³-hybridized carbons (Fsp3) is 0.0833. The zero-order valence-electron chi connectivity index (χ0n) is 10.3. The number of aldehydes is 1. The number of nitriles is 1. The zero-order chi connectivity index (χ0) is 14.7. The van der Waals surface area contributed by atoms with Gasteiger partial charge in [0, 0.05) is 12.3 Å². The highest BCUT2D eigenvalue weighted by atomic mass is 16.5. The Bertz CT molecular complexity index is 730. The first-order chi connectivity index (χ1) is 9.60. The lowest BCUT2D eigenvalue weighted by Crippen LogP contribution is -2.04. The lowest BCUT2D eigenvalue weighted by molar-refractivity contribution is 0.0687. The fourth-order valence-electron chi connectivity index (χ4n) is 1.56. The van der Waals surface area contributed by atoms with E-state index in [1.165, 1.54) is 25.6 Å². The third kappa shape index (κ3) is 2.20. The van der Waals surface area contributed by atoms with Crippen LogP contribution in [0.25, 0.3) is 5.82 Å². The van der Waals surface area contributed by atoms with E-state index < -0.39 is 5.97 Å². The lowest BCUT2D eigenvalue weighted by atomic mass is 10.2. The van der Waals surface area contributed by atoms with Gasteiger partial charge in [-0.3, -0.25) is 4.79 Å². The van der Waals surface area contributed by atoms with Crippen LogP contribution < -0.4 is 4.74 Å². The predicted molar refractivity (Wildman–Crippen MR) is 65.0 cm³/mol. The molecule has 2 heterocycles. The van der Waals surface area contributed by atoms with Gasteiger partial charge < -0.3 is 9.84 Å². The maximum absolute atomic E-state index is 10.9. The normalized spacial score (nSPS) is 9.80. The van der Waals surface area contributed by atoms with Gasteiger partial charge in [-0.25, -0.2) is 14.5 Å². The highest BCUT2D eigenvalue weighted by Crippen LogP contribution is 2.19. The molecule has 2 aromatic heterocycles. The topological polar surface area (TPSA) is 118 Å². The molecular formula is C12H8N4O4. The van der Waals surface area contributed by atoms with Gasteiger partial charge in [-0.2, -0.15) is 10.4 Å². The summed E-state index contributed by atoms with van der Waals surface area (Å²) in [4.78, 5) is 25.7. The van der Waals surface area contributed by atoms with Gasteiger partial charge in [0.1, 0.15) is 17.4 Å². The zero-order valence-corrected chi connectivity index (χ0v) is 10.3. The third-order valence-electron chi connectivity index (χ3n) is 2.50. The lowest BCUT2D eigenvalue weighted by Gasteiger charge is -2.05. The van der Waals surface area contributed by atoms with E-state index in [2.05, 4.69) is 10.1 Å². The number of aromatic carboxylic acids is 1. The monoisotopic (exact) mass is 272 g/mol. The van der Waals surface area contributed by atoms with E-state index in [-0.39, 0.29) is 28.4 Å². The molecule has 0 bridgehead atoms.